The third-order valence-electron chi connectivity index (χ3n) is 17.4. The zero-order valence-corrected chi connectivity index (χ0v) is 45.8. The van der Waals surface area contributed by atoms with Crippen LogP contribution in [0.1, 0.15) is 0 Å². The number of aromatic nitrogens is 3. The molecule has 0 N–H and O–H groups in total. The third kappa shape index (κ3) is 7.48. The third-order valence-corrected chi connectivity index (χ3v) is 17.4. The number of hydrogen-bond donors (Lipinski definition) is 0. The number of rotatable bonds is 9. The molecule has 14 aromatic carbocycles. The van der Waals surface area contributed by atoms with Gasteiger partial charge in [-0.2, -0.15) is 0 Å². The van der Waals surface area contributed by atoms with Crippen LogP contribution >= 0.6 is 0 Å². The SMILES string of the molecule is c1ccc(-n2c3ccccc3c3cc(-c4ccc(N(c5ccc(-c6ccc7c8ccccc8n(-c8ccccc8)c7c6)cc5)c5ccc(-c6ccc7c8ccccc8n(-c8ccccc8)c7c6)c6ccccc56)c5ccccc45)ccc32)cc1. The average molecular weight is 1070 g/mol. The van der Waals surface area contributed by atoms with Crippen LogP contribution < -0.4 is 4.90 Å². The second-order valence-corrected chi connectivity index (χ2v) is 22.0. The Morgan fingerprint density at radius 1 is 0.190 bits per heavy atom. The molecule has 0 saturated heterocycles. The second kappa shape index (κ2) is 19.2. The van der Waals surface area contributed by atoms with Gasteiger partial charge in [-0.25, -0.2) is 0 Å². The molecule has 0 saturated carbocycles. The van der Waals surface area contributed by atoms with Crippen molar-refractivity contribution in [3.63, 3.8) is 0 Å². The van der Waals surface area contributed by atoms with Crippen molar-refractivity contribution in [1.82, 2.24) is 13.7 Å². The molecule has 0 atom stereocenters. The van der Waals surface area contributed by atoms with Crippen molar-refractivity contribution >= 4 is 104 Å². The molecule has 392 valence electrons. The summed E-state index contributed by atoms with van der Waals surface area (Å²) in [5.74, 6) is 0. The number of para-hydroxylation sites is 6. The maximum absolute atomic E-state index is 2.49. The molecule has 0 bridgehead atoms. The van der Waals surface area contributed by atoms with Gasteiger partial charge in [0.05, 0.1) is 44.5 Å². The first-order valence-corrected chi connectivity index (χ1v) is 28.9. The lowest BCUT2D eigenvalue weighted by atomic mass is 9.93. The molecule has 0 aliphatic rings. The molecule has 0 radical (unpaired) electrons. The largest absolute Gasteiger partial charge is 0.309 e. The van der Waals surface area contributed by atoms with Gasteiger partial charge in [0.25, 0.3) is 0 Å². The van der Waals surface area contributed by atoms with Gasteiger partial charge in [-0.15, -0.1) is 0 Å². The van der Waals surface area contributed by atoms with Crippen molar-refractivity contribution in [2.24, 2.45) is 0 Å². The number of hydrogen-bond acceptors (Lipinski definition) is 1. The monoisotopic (exact) mass is 1070 g/mol. The first-order chi connectivity index (χ1) is 41.7. The van der Waals surface area contributed by atoms with Crippen molar-refractivity contribution in [2.45, 2.75) is 0 Å². The predicted molar refractivity (Wildman–Crippen MR) is 355 cm³/mol. The van der Waals surface area contributed by atoms with E-state index in [-0.39, 0.29) is 0 Å². The summed E-state index contributed by atoms with van der Waals surface area (Å²) in [5.41, 5.74) is 20.9. The predicted octanol–water partition coefficient (Wildman–Crippen LogP) is 21.8. The lowest BCUT2D eigenvalue weighted by Gasteiger charge is -2.29. The van der Waals surface area contributed by atoms with Crippen LogP contribution in [0.4, 0.5) is 17.1 Å². The Hall–Kier alpha value is -11.2. The van der Waals surface area contributed by atoms with Gasteiger partial charge in [-0.1, -0.05) is 212 Å². The van der Waals surface area contributed by atoms with Gasteiger partial charge in [0.1, 0.15) is 0 Å². The summed E-state index contributed by atoms with van der Waals surface area (Å²) in [6.45, 7) is 0. The number of anilines is 3. The molecule has 17 aromatic rings. The van der Waals surface area contributed by atoms with Crippen molar-refractivity contribution in [3.8, 4) is 50.4 Å². The van der Waals surface area contributed by atoms with Gasteiger partial charge >= 0.3 is 0 Å². The van der Waals surface area contributed by atoms with E-state index in [1.54, 1.807) is 0 Å². The summed E-state index contributed by atoms with van der Waals surface area (Å²) in [7, 11) is 0. The summed E-state index contributed by atoms with van der Waals surface area (Å²) in [4.78, 5) is 2.49. The summed E-state index contributed by atoms with van der Waals surface area (Å²) in [5, 5.41) is 12.1. The van der Waals surface area contributed by atoms with E-state index in [9.17, 15) is 0 Å². The van der Waals surface area contributed by atoms with Crippen LogP contribution in [0.5, 0.6) is 0 Å². The second-order valence-electron chi connectivity index (χ2n) is 22.0. The summed E-state index contributed by atoms with van der Waals surface area (Å²) < 4.78 is 7.20. The van der Waals surface area contributed by atoms with Crippen molar-refractivity contribution < 1.29 is 0 Å². The molecule has 0 spiro atoms. The number of benzene rings is 14. The molecule has 4 heteroatoms. The number of fused-ring (bicyclic) bond motifs is 11. The standard InChI is InChI=1S/C80H52N4/c1-4-20-57(21-5-1)81-75-35-19-16-32-69(75)72-50-55(40-47-78(72)81)61-45-48-76(65-28-12-10-26-63(61)65)82(60-41-36-53(37-42-60)54-38-43-70-67-30-14-17-33-73(67)83(79(70)51-54)58-22-6-2-7-23-58)77-49-46-62(64-27-11-13-29-66(64)77)56-39-44-71-68-31-15-18-34-74(68)84(80(71)52-56)59-24-8-3-9-25-59/h1-52H. The number of nitrogens with zero attached hydrogens (tertiary/aromatic N) is 4. The van der Waals surface area contributed by atoms with Gasteiger partial charge in [-0.3, -0.25) is 0 Å². The zero-order chi connectivity index (χ0) is 55.2. The fourth-order valence-electron chi connectivity index (χ4n) is 13.7. The summed E-state index contributed by atoms with van der Waals surface area (Å²) in [6.07, 6.45) is 0. The molecule has 0 amide bonds. The van der Waals surface area contributed by atoms with Crippen LogP contribution in [-0.2, 0) is 0 Å². The van der Waals surface area contributed by atoms with Gasteiger partial charge in [-0.05, 0) is 147 Å². The fraction of sp³-hybridized carbons (Fsp3) is 0. The summed E-state index contributed by atoms with van der Waals surface area (Å²) >= 11 is 0. The maximum atomic E-state index is 2.49. The Bertz CT molecular complexity index is 5420. The Balaban J connectivity index is 0.846. The highest BCUT2D eigenvalue weighted by atomic mass is 15.1. The molecule has 0 fully saturated rings. The van der Waals surface area contributed by atoms with E-state index in [1.165, 1.54) is 98.4 Å². The molecule has 0 aliphatic heterocycles. The van der Waals surface area contributed by atoms with E-state index in [2.05, 4.69) is 334 Å². The topological polar surface area (TPSA) is 18.0 Å². The quantitative estimate of drug-likeness (QED) is 0.141. The molecular weight excluding hydrogens is 1020 g/mol. The minimum atomic E-state index is 1.07. The molecule has 3 aromatic heterocycles. The average Bonchev–Trinajstić information content (AvgIpc) is 1.96. The molecule has 0 aliphatic carbocycles. The van der Waals surface area contributed by atoms with E-state index in [1.807, 2.05) is 0 Å². The van der Waals surface area contributed by atoms with E-state index in [0.29, 0.717) is 0 Å². The Labute approximate surface area is 485 Å². The molecule has 3 heterocycles. The Morgan fingerprint density at radius 2 is 0.524 bits per heavy atom. The molecule has 4 nitrogen and oxygen atoms in total. The highest BCUT2D eigenvalue weighted by Gasteiger charge is 2.23. The smallest absolute Gasteiger partial charge is 0.0547 e. The lowest BCUT2D eigenvalue weighted by Crippen LogP contribution is -2.11. The molecular formula is C80H52N4. The molecule has 84 heavy (non-hydrogen) atoms. The van der Waals surface area contributed by atoms with Crippen molar-refractivity contribution in [1.29, 1.82) is 0 Å². The minimum Gasteiger partial charge on any atom is -0.309 e. The zero-order valence-electron chi connectivity index (χ0n) is 45.8. The van der Waals surface area contributed by atoms with Gasteiger partial charge in [0, 0.05) is 65.8 Å². The lowest BCUT2D eigenvalue weighted by molar-refractivity contribution is 1.18. The van der Waals surface area contributed by atoms with Crippen LogP contribution in [0.15, 0.2) is 315 Å². The molecule has 17 rings (SSSR count). The normalized spacial score (nSPS) is 11.8. The van der Waals surface area contributed by atoms with Gasteiger partial charge in [0.15, 0.2) is 0 Å². The van der Waals surface area contributed by atoms with E-state index >= 15 is 0 Å². The summed E-state index contributed by atoms with van der Waals surface area (Å²) in [6, 6.07) is 116. The van der Waals surface area contributed by atoms with E-state index in [4.69, 9.17) is 0 Å². The maximum Gasteiger partial charge on any atom is 0.0547 e. The first kappa shape index (κ1) is 47.6. The minimum absolute atomic E-state index is 1.07. The van der Waals surface area contributed by atoms with E-state index < -0.39 is 0 Å². The Morgan fingerprint density at radius 3 is 1.01 bits per heavy atom. The van der Waals surface area contributed by atoms with Crippen LogP contribution in [0.25, 0.3) is 137 Å². The van der Waals surface area contributed by atoms with E-state index in [0.717, 1.165) is 56.0 Å². The molecule has 0 unspecified atom stereocenters. The first-order valence-electron chi connectivity index (χ1n) is 28.9. The highest BCUT2D eigenvalue weighted by Crippen LogP contribution is 2.48. The van der Waals surface area contributed by atoms with Crippen molar-refractivity contribution in [3.05, 3.63) is 315 Å². The van der Waals surface area contributed by atoms with Crippen LogP contribution in [0, 0.1) is 0 Å². The van der Waals surface area contributed by atoms with Crippen LogP contribution in [0.3, 0.4) is 0 Å². The van der Waals surface area contributed by atoms with Gasteiger partial charge < -0.3 is 18.6 Å². The van der Waals surface area contributed by atoms with Crippen molar-refractivity contribution in [2.75, 3.05) is 4.90 Å². The van der Waals surface area contributed by atoms with Crippen LogP contribution in [-0.4, -0.2) is 13.7 Å². The van der Waals surface area contributed by atoms with Crippen LogP contribution in [0.2, 0.25) is 0 Å². The Kier molecular flexibility index (Phi) is 10.9. The van der Waals surface area contributed by atoms with Gasteiger partial charge in [0.2, 0.25) is 0 Å². The highest BCUT2D eigenvalue weighted by molar-refractivity contribution is 6.16. The fourth-order valence-corrected chi connectivity index (χ4v) is 13.7.